The van der Waals surface area contributed by atoms with Crippen molar-refractivity contribution in [2.45, 2.75) is 32.2 Å². The van der Waals surface area contributed by atoms with Gasteiger partial charge in [0, 0.05) is 18.1 Å². The van der Waals surface area contributed by atoms with E-state index >= 15 is 0 Å². The highest BCUT2D eigenvalue weighted by atomic mass is 32.1. The van der Waals surface area contributed by atoms with Crippen LogP contribution in [0.4, 0.5) is 5.13 Å². The summed E-state index contributed by atoms with van der Waals surface area (Å²) in [5.41, 5.74) is 2.12. The molecule has 0 saturated carbocycles. The van der Waals surface area contributed by atoms with E-state index in [-0.39, 0.29) is 11.8 Å². The van der Waals surface area contributed by atoms with Crippen LogP contribution in [-0.4, -0.2) is 34.3 Å². The molecule has 1 aromatic heterocycles. The summed E-state index contributed by atoms with van der Waals surface area (Å²) in [6.45, 7) is 2.64. The minimum atomic E-state index is -0.393. The Morgan fingerprint density at radius 1 is 1.39 bits per heavy atom. The first-order valence-corrected chi connectivity index (χ1v) is 8.57. The van der Waals surface area contributed by atoms with Crippen LogP contribution in [0.25, 0.3) is 0 Å². The first kappa shape index (κ1) is 15.7. The molecule has 6 heteroatoms. The molecule has 0 radical (unpaired) electrons. The Hall–Kier alpha value is -2.21. The third-order valence-electron chi connectivity index (χ3n) is 4.14. The molecule has 0 aliphatic carbocycles. The normalized spacial score (nSPS) is 17.3. The molecule has 0 bridgehead atoms. The van der Waals surface area contributed by atoms with Crippen LogP contribution in [0.3, 0.4) is 0 Å². The lowest BCUT2D eigenvalue weighted by Gasteiger charge is -2.24. The maximum Gasteiger partial charge on any atom is 0.248 e. The molecule has 120 valence electrons. The monoisotopic (exact) mass is 329 g/mol. The number of aromatic nitrogens is 1. The van der Waals surface area contributed by atoms with Crippen LogP contribution in [0.2, 0.25) is 0 Å². The zero-order chi connectivity index (χ0) is 16.2. The minimum absolute atomic E-state index is 0.0103. The van der Waals surface area contributed by atoms with Gasteiger partial charge in [-0.3, -0.25) is 9.59 Å². The molecule has 1 aliphatic rings. The summed E-state index contributed by atoms with van der Waals surface area (Å²) in [5.74, 6) is -0.133. The quantitative estimate of drug-likeness (QED) is 0.938. The molecule has 1 atom stereocenters. The van der Waals surface area contributed by atoms with Crippen LogP contribution in [0, 0.1) is 6.92 Å². The van der Waals surface area contributed by atoms with Gasteiger partial charge in [0.1, 0.15) is 6.04 Å². The molecule has 0 spiro atoms. The lowest BCUT2D eigenvalue weighted by Crippen LogP contribution is -2.43. The van der Waals surface area contributed by atoms with Crippen molar-refractivity contribution in [2.24, 2.45) is 0 Å². The van der Waals surface area contributed by atoms with E-state index in [0.29, 0.717) is 24.5 Å². The predicted octanol–water partition coefficient (Wildman–Crippen LogP) is 2.62. The van der Waals surface area contributed by atoms with Gasteiger partial charge in [-0.15, -0.1) is 11.3 Å². The topological polar surface area (TPSA) is 62.3 Å². The fourth-order valence-electron chi connectivity index (χ4n) is 2.88. The molecule has 1 aliphatic heterocycles. The van der Waals surface area contributed by atoms with Crippen LogP contribution >= 0.6 is 11.3 Å². The smallest absolute Gasteiger partial charge is 0.248 e. The van der Waals surface area contributed by atoms with Gasteiger partial charge in [-0.25, -0.2) is 4.98 Å². The SMILES string of the molecule is Cc1ccccc1CC(=O)N1CCCC1C(=O)Nc1nccs1. The average molecular weight is 329 g/mol. The van der Waals surface area contributed by atoms with Gasteiger partial charge in [0.15, 0.2) is 5.13 Å². The number of hydrogen-bond acceptors (Lipinski definition) is 4. The van der Waals surface area contributed by atoms with Crippen LogP contribution < -0.4 is 5.32 Å². The third kappa shape index (κ3) is 3.59. The van der Waals surface area contributed by atoms with Gasteiger partial charge in [0.25, 0.3) is 0 Å². The van der Waals surface area contributed by atoms with Crippen LogP contribution in [-0.2, 0) is 16.0 Å². The summed E-state index contributed by atoms with van der Waals surface area (Å²) in [7, 11) is 0. The fourth-order valence-corrected chi connectivity index (χ4v) is 3.42. The molecule has 1 N–H and O–H groups in total. The Morgan fingerprint density at radius 2 is 2.22 bits per heavy atom. The zero-order valence-corrected chi connectivity index (χ0v) is 13.8. The number of likely N-dealkylation sites (tertiary alicyclic amines) is 1. The molecule has 2 heterocycles. The van der Waals surface area contributed by atoms with E-state index in [4.69, 9.17) is 0 Å². The Labute approximate surface area is 139 Å². The molecule has 2 aromatic rings. The Bertz CT molecular complexity index is 700. The molecule has 23 heavy (non-hydrogen) atoms. The van der Waals surface area contributed by atoms with E-state index in [0.717, 1.165) is 17.5 Å². The largest absolute Gasteiger partial charge is 0.330 e. The van der Waals surface area contributed by atoms with Crippen LogP contribution in [0.1, 0.15) is 24.0 Å². The molecule has 1 saturated heterocycles. The van der Waals surface area contributed by atoms with Crippen molar-refractivity contribution in [3.63, 3.8) is 0 Å². The van der Waals surface area contributed by atoms with E-state index in [1.807, 2.05) is 36.6 Å². The molecule has 5 nitrogen and oxygen atoms in total. The summed E-state index contributed by atoms with van der Waals surface area (Å²) in [5, 5.41) is 5.19. The number of nitrogens with one attached hydrogen (secondary N) is 1. The molecule has 3 rings (SSSR count). The summed E-state index contributed by atoms with van der Waals surface area (Å²) in [6.07, 6.45) is 3.55. The van der Waals surface area contributed by atoms with Gasteiger partial charge in [0.05, 0.1) is 6.42 Å². The molecular formula is C17H19N3O2S. The number of rotatable bonds is 4. The van der Waals surface area contributed by atoms with Gasteiger partial charge in [0.2, 0.25) is 11.8 Å². The summed E-state index contributed by atoms with van der Waals surface area (Å²) < 4.78 is 0. The van der Waals surface area contributed by atoms with Gasteiger partial charge < -0.3 is 10.2 Å². The maximum absolute atomic E-state index is 12.6. The number of benzene rings is 1. The van der Waals surface area contributed by atoms with E-state index in [2.05, 4.69) is 10.3 Å². The number of aryl methyl sites for hydroxylation is 1. The molecule has 1 fully saturated rings. The summed E-state index contributed by atoms with van der Waals surface area (Å²) >= 11 is 1.38. The lowest BCUT2D eigenvalue weighted by atomic mass is 10.0. The van der Waals surface area contributed by atoms with Crippen molar-refractivity contribution in [1.29, 1.82) is 0 Å². The van der Waals surface area contributed by atoms with Crippen LogP contribution in [0.5, 0.6) is 0 Å². The molecule has 2 amide bonds. The molecule has 1 aromatic carbocycles. The number of thiazole rings is 1. The zero-order valence-electron chi connectivity index (χ0n) is 13.0. The molecule has 1 unspecified atom stereocenters. The first-order chi connectivity index (χ1) is 11.1. The summed E-state index contributed by atoms with van der Waals surface area (Å²) in [6, 6.07) is 7.47. The van der Waals surface area contributed by atoms with E-state index in [1.54, 1.807) is 11.1 Å². The van der Waals surface area contributed by atoms with E-state index in [1.165, 1.54) is 11.3 Å². The highest BCUT2D eigenvalue weighted by Crippen LogP contribution is 2.21. The van der Waals surface area contributed by atoms with Gasteiger partial charge in [-0.05, 0) is 30.9 Å². The number of carbonyl (C=O) groups is 2. The van der Waals surface area contributed by atoms with Crippen molar-refractivity contribution >= 4 is 28.3 Å². The molecular weight excluding hydrogens is 310 g/mol. The van der Waals surface area contributed by atoms with E-state index in [9.17, 15) is 9.59 Å². The number of carbonyl (C=O) groups excluding carboxylic acids is 2. The van der Waals surface area contributed by atoms with Crippen molar-refractivity contribution in [2.75, 3.05) is 11.9 Å². The average Bonchev–Trinajstić information content (AvgIpc) is 3.20. The number of nitrogens with zero attached hydrogens (tertiary/aromatic N) is 2. The van der Waals surface area contributed by atoms with E-state index < -0.39 is 6.04 Å². The highest BCUT2D eigenvalue weighted by molar-refractivity contribution is 7.13. The Kier molecular flexibility index (Phi) is 4.71. The second-order valence-corrected chi connectivity index (χ2v) is 6.57. The minimum Gasteiger partial charge on any atom is -0.330 e. The van der Waals surface area contributed by atoms with Crippen molar-refractivity contribution in [3.05, 3.63) is 47.0 Å². The van der Waals surface area contributed by atoms with Crippen molar-refractivity contribution in [1.82, 2.24) is 9.88 Å². The third-order valence-corrected chi connectivity index (χ3v) is 4.83. The number of anilines is 1. The van der Waals surface area contributed by atoms with Crippen molar-refractivity contribution in [3.8, 4) is 0 Å². The fraction of sp³-hybridized carbons (Fsp3) is 0.353. The number of hydrogen-bond donors (Lipinski definition) is 1. The van der Waals surface area contributed by atoms with Gasteiger partial charge in [-0.2, -0.15) is 0 Å². The first-order valence-electron chi connectivity index (χ1n) is 7.69. The predicted molar refractivity (Wildman–Crippen MR) is 90.4 cm³/mol. The lowest BCUT2D eigenvalue weighted by molar-refractivity contribution is -0.136. The van der Waals surface area contributed by atoms with Crippen molar-refractivity contribution < 1.29 is 9.59 Å². The highest BCUT2D eigenvalue weighted by Gasteiger charge is 2.34. The van der Waals surface area contributed by atoms with Gasteiger partial charge in [-0.1, -0.05) is 24.3 Å². The van der Waals surface area contributed by atoms with Gasteiger partial charge >= 0.3 is 0 Å². The summed E-state index contributed by atoms with van der Waals surface area (Å²) in [4.78, 5) is 30.8. The maximum atomic E-state index is 12.6. The number of amides is 2. The van der Waals surface area contributed by atoms with Crippen LogP contribution in [0.15, 0.2) is 35.8 Å². The standard InChI is InChI=1S/C17H19N3O2S/c1-12-5-2-3-6-13(12)11-15(21)20-9-4-7-14(20)16(22)19-17-18-8-10-23-17/h2-3,5-6,8,10,14H,4,7,9,11H2,1H3,(H,18,19,22). The second-order valence-electron chi connectivity index (χ2n) is 5.67. The second kappa shape index (κ2) is 6.91. The Morgan fingerprint density at radius 3 is 2.96 bits per heavy atom. The Balaban J connectivity index is 1.67.